The molecule has 5 rings (SSSR count). The molecule has 0 saturated heterocycles. The van der Waals surface area contributed by atoms with Gasteiger partial charge in [-0.05, 0) is 24.1 Å². The molecule has 2 amide bonds. The lowest BCUT2D eigenvalue weighted by Gasteiger charge is -2.27. The summed E-state index contributed by atoms with van der Waals surface area (Å²) in [4.78, 5) is 36.2. The van der Waals surface area contributed by atoms with E-state index in [2.05, 4.69) is 27.4 Å². The van der Waals surface area contributed by atoms with Crippen molar-refractivity contribution < 1.29 is 9.59 Å². The second-order valence-electron chi connectivity index (χ2n) is 8.09. The smallest absolute Gasteiger partial charge is 0.273 e. The number of hydrogen-bond acceptors (Lipinski definition) is 6. The Morgan fingerprint density at radius 2 is 1.91 bits per heavy atom. The van der Waals surface area contributed by atoms with Crippen molar-refractivity contribution in [2.45, 2.75) is 32.5 Å². The quantitative estimate of drug-likeness (QED) is 0.446. The van der Waals surface area contributed by atoms with Gasteiger partial charge in [0.1, 0.15) is 5.69 Å². The van der Waals surface area contributed by atoms with E-state index >= 15 is 0 Å². The number of hydrogen-bond donors (Lipinski definition) is 1. The first-order chi connectivity index (χ1) is 16.7. The summed E-state index contributed by atoms with van der Waals surface area (Å²) < 4.78 is 1.93. The summed E-state index contributed by atoms with van der Waals surface area (Å²) in [7, 11) is 0. The number of amides is 2. The molecular weight excluding hydrogens is 448 g/mol. The van der Waals surface area contributed by atoms with Gasteiger partial charge in [-0.15, -0.1) is 11.3 Å². The van der Waals surface area contributed by atoms with Crippen LogP contribution in [0.1, 0.15) is 43.5 Å². The van der Waals surface area contributed by atoms with Crippen LogP contribution in [0.3, 0.4) is 0 Å². The Bertz CT molecular complexity index is 1270. The molecule has 1 aliphatic rings. The van der Waals surface area contributed by atoms with E-state index in [0.29, 0.717) is 44.0 Å². The highest BCUT2D eigenvalue weighted by atomic mass is 32.1. The number of nitrogens with zero attached hydrogens (tertiary/aromatic N) is 5. The molecule has 9 heteroatoms. The Morgan fingerprint density at radius 1 is 1.06 bits per heavy atom. The van der Waals surface area contributed by atoms with Gasteiger partial charge in [-0.25, -0.2) is 4.98 Å². The number of fused-ring (bicyclic) bond motifs is 1. The number of carbonyl (C=O) groups is 2. The maximum Gasteiger partial charge on any atom is 0.273 e. The average molecular weight is 473 g/mol. The fraction of sp³-hybridized carbons (Fsp3) is 0.240. The van der Waals surface area contributed by atoms with Crippen LogP contribution in [0.2, 0.25) is 0 Å². The number of pyridine rings is 1. The van der Waals surface area contributed by atoms with Gasteiger partial charge in [0.05, 0.1) is 24.3 Å². The molecule has 172 valence electrons. The van der Waals surface area contributed by atoms with Crippen molar-refractivity contribution in [3.63, 3.8) is 0 Å². The standard InChI is InChI=1S/C25H24N6O2S/c32-24(27-14-19-8-4-5-11-26-19)23-20-15-30(25(33)21-16-34-17-28-21)12-10-22(20)31(29-23)13-9-18-6-2-1-3-7-18/h1-8,11,16-17H,9-10,12-15H2,(H,27,32). The van der Waals surface area contributed by atoms with Gasteiger partial charge in [-0.2, -0.15) is 5.10 Å². The Balaban J connectivity index is 1.39. The van der Waals surface area contributed by atoms with Crippen molar-refractivity contribution in [2.75, 3.05) is 6.54 Å². The lowest BCUT2D eigenvalue weighted by atomic mass is 10.0. The third-order valence-electron chi connectivity index (χ3n) is 5.90. The van der Waals surface area contributed by atoms with E-state index in [1.165, 1.54) is 16.9 Å². The first-order valence-electron chi connectivity index (χ1n) is 11.2. The molecule has 1 aliphatic heterocycles. The van der Waals surface area contributed by atoms with Crippen LogP contribution < -0.4 is 5.32 Å². The van der Waals surface area contributed by atoms with Crippen LogP contribution in [0.5, 0.6) is 0 Å². The summed E-state index contributed by atoms with van der Waals surface area (Å²) in [5.41, 5.74) is 6.27. The number of aromatic nitrogens is 4. The molecule has 0 unspecified atom stereocenters. The zero-order valence-corrected chi connectivity index (χ0v) is 19.4. The minimum Gasteiger partial charge on any atom is -0.345 e. The highest BCUT2D eigenvalue weighted by molar-refractivity contribution is 7.07. The molecule has 0 atom stereocenters. The van der Waals surface area contributed by atoms with Crippen LogP contribution in [-0.4, -0.2) is 43.0 Å². The van der Waals surface area contributed by atoms with E-state index in [1.807, 2.05) is 41.1 Å². The number of thiazole rings is 1. The van der Waals surface area contributed by atoms with Crippen molar-refractivity contribution in [2.24, 2.45) is 0 Å². The molecule has 0 aliphatic carbocycles. The van der Waals surface area contributed by atoms with Crippen LogP contribution in [0.25, 0.3) is 0 Å². The highest BCUT2D eigenvalue weighted by Crippen LogP contribution is 2.25. The summed E-state index contributed by atoms with van der Waals surface area (Å²) in [6.07, 6.45) is 3.15. The summed E-state index contributed by atoms with van der Waals surface area (Å²) in [6.45, 7) is 1.88. The van der Waals surface area contributed by atoms with Crippen LogP contribution in [0.4, 0.5) is 0 Å². The van der Waals surface area contributed by atoms with E-state index in [9.17, 15) is 9.59 Å². The molecule has 34 heavy (non-hydrogen) atoms. The van der Waals surface area contributed by atoms with Crippen molar-refractivity contribution in [1.29, 1.82) is 0 Å². The number of carbonyl (C=O) groups excluding carboxylic acids is 2. The predicted molar refractivity (Wildman–Crippen MR) is 128 cm³/mol. The van der Waals surface area contributed by atoms with Gasteiger partial charge >= 0.3 is 0 Å². The number of nitrogens with one attached hydrogen (secondary N) is 1. The third-order valence-corrected chi connectivity index (χ3v) is 6.49. The van der Waals surface area contributed by atoms with Gasteiger partial charge in [0.2, 0.25) is 0 Å². The van der Waals surface area contributed by atoms with Crippen LogP contribution in [0.15, 0.2) is 65.6 Å². The second kappa shape index (κ2) is 9.96. The predicted octanol–water partition coefficient (Wildman–Crippen LogP) is 3.11. The van der Waals surface area contributed by atoms with Crippen LogP contribution >= 0.6 is 11.3 Å². The van der Waals surface area contributed by atoms with Gasteiger partial charge in [0, 0.05) is 42.3 Å². The molecule has 0 radical (unpaired) electrons. The molecule has 1 aromatic carbocycles. The molecule has 3 aromatic heterocycles. The second-order valence-corrected chi connectivity index (χ2v) is 8.81. The molecule has 0 bridgehead atoms. The maximum absolute atomic E-state index is 13.2. The summed E-state index contributed by atoms with van der Waals surface area (Å²) in [5, 5.41) is 9.39. The van der Waals surface area contributed by atoms with Gasteiger partial charge < -0.3 is 10.2 Å². The molecule has 4 aromatic rings. The topological polar surface area (TPSA) is 93.0 Å². The van der Waals surface area contributed by atoms with E-state index in [-0.39, 0.29) is 11.8 Å². The monoisotopic (exact) mass is 472 g/mol. The van der Waals surface area contributed by atoms with E-state index in [4.69, 9.17) is 5.10 Å². The maximum atomic E-state index is 13.2. The van der Waals surface area contributed by atoms with Crippen LogP contribution in [-0.2, 0) is 32.5 Å². The van der Waals surface area contributed by atoms with E-state index in [1.54, 1.807) is 22.0 Å². The summed E-state index contributed by atoms with van der Waals surface area (Å²) in [5.74, 6) is -0.382. The minimum atomic E-state index is -0.261. The molecule has 0 fully saturated rings. The van der Waals surface area contributed by atoms with Crippen molar-refractivity contribution >= 4 is 23.2 Å². The van der Waals surface area contributed by atoms with E-state index < -0.39 is 0 Å². The lowest BCUT2D eigenvalue weighted by Crippen LogP contribution is -2.37. The lowest BCUT2D eigenvalue weighted by molar-refractivity contribution is 0.0725. The zero-order chi connectivity index (χ0) is 23.3. The molecule has 0 spiro atoms. The SMILES string of the molecule is O=C(NCc1ccccn1)c1nn(CCc2ccccc2)c2c1CN(C(=O)c1cscn1)CC2. The molecule has 4 heterocycles. The number of rotatable bonds is 7. The van der Waals surface area contributed by atoms with Gasteiger partial charge in [-0.3, -0.25) is 19.3 Å². The normalized spacial score (nSPS) is 12.9. The first-order valence-corrected chi connectivity index (χ1v) is 12.1. The average Bonchev–Trinajstić information content (AvgIpc) is 3.55. The summed E-state index contributed by atoms with van der Waals surface area (Å²) >= 11 is 1.39. The van der Waals surface area contributed by atoms with Crippen LogP contribution in [0, 0.1) is 0 Å². The Kier molecular flexibility index (Phi) is 6.44. The van der Waals surface area contributed by atoms with Crippen molar-refractivity contribution in [3.05, 3.63) is 99.5 Å². The molecule has 1 N–H and O–H groups in total. The fourth-order valence-electron chi connectivity index (χ4n) is 4.15. The number of benzene rings is 1. The van der Waals surface area contributed by atoms with Gasteiger partial charge in [-0.1, -0.05) is 36.4 Å². The van der Waals surface area contributed by atoms with Gasteiger partial charge in [0.25, 0.3) is 11.8 Å². The van der Waals surface area contributed by atoms with Gasteiger partial charge in [0.15, 0.2) is 5.69 Å². The molecule has 8 nitrogen and oxygen atoms in total. The highest BCUT2D eigenvalue weighted by Gasteiger charge is 2.31. The van der Waals surface area contributed by atoms with Crippen molar-refractivity contribution in [3.8, 4) is 0 Å². The van der Waals surface area contributed by atoms with E-state index in [0.717, 1.165) is 23.4 Å². The summed E-state index contributed by atoms with van der Waals surface area (Å²) in [6, 6.07) is 15.8. The Labute approximate surface area is 201 Å². The van der Waals surface area contributed by atoms with Crippen molar-refractivity contribution in [1.82, 2.24) is 30.0 Å². The number of aryl methyl sites for hydroxylation is 2. The Morgan fingerprint density at radius 3 is 2.68 bits per heavy atom. The largest absolute Gasteiger partial charge is 0.345 e. The Hall–Kier alpha value is -3.85. The molecular formula is C25H24N6O2S. The third kappa shape index (κ3) is 4.74. The first kappa shape index (κ1) is 22.0. The minimum absolute atomic E-state index is 0.122. The fourth-order valence-corrected chi connectivity index (χ4v) is 4.67. The molecule has 0 saturated carbocycles. The zero-order valence-electron chi connectivity index (χ0n) is 18.6.